The van der Waals surface area contributed by atoms with E-state index < -0.39 is 7.60 Å². The maximum absolute atomic E-state index is 11.1. The van der Waals surface area contributed by atoms with Crippen molar-refractivity contribution in [2.24, 2.45) is 0 Å². The van der Waals surface area contributed by atoms with E-state index >= 15 is 0 Å². The Bertz CT molecular complexity index is 201. The van der Waals surface area contributed by atoms with Gasteiger partial charge in [0.05, 0.1) is 0 Å². The molecule has 0 aromatic carbocycles. The van der Waals surface area contributed by atoms with Gasteiger partial charge in [-0.3, -0.25) is 0 Å². The van der Waals surface area contributed by atoms with Gasteiger partial charge >= 0.3 is 13.0 Å². The topological polar surface area (TPSA) is 71.9 Å². The summed E-state index contributed by atoms with van der Waals surface area (Å²) in [6.07, 6.45) is 0. The predicted octanol–water partition coefficient (Wildman–Crippen LogP) is 1.12. The molecule has 0 bridgehead atoms. The van der Waals surface area contributed by atoms with Gasteiger partial charge in [-0.15, -0.1) is 0 Å². The average Bonchev–Trinajstić information content (AvgIpc) is 2.01. The molecule has 0 aromatic heterocycles. The zero-order valence-electron chi connectivity index (χ0n) is 6.07. The fourth-order valence-corrected chi connectivity index (χ4v) is 1.18. The quantitative estimate of drug-likeness (QED) is 0.271. The van der Waals surface area contributed by atoms with E-state index in [2.05, 4.69) is 13.8 Å². The van der Waals surface area contributed by atoms with Crippen molar-refractivity contribution >= 4 is 13.0 Å². The Balaban J connectivity index is 4.67. The van der Waals surface area contributed by atoms with Gasteiger partial charge in [-0.25, -0.2) is 4.57 Å². The van der Waals surface area contributed by atoms with Crippen LogP contribution in [0.5, 0.6) is 0 Å². The van der Waals surface area contributed by atoms with Gasteiger partial charge in [0.25, 0.3) is 0 Å². The Morgan fingerprint density at radius 3 is 2.00 bits per heavy atom. The minimum Gasteiger partial charge on any atom is -0.361 e. The normalized spacial score (nSPS) is 10.7. The molecule has 0 atom stereocenters. The van der Waals surface area contributed by atoms with Crippen LogP contribution in [0, 0.1) is 0 Å². The number of hydrogen-bond donors (Lipinski definition) is 0. The van der Waals surface area contributed by atoms with Gasteiger partial charge in [0, 0.05) is 21.1 Å². The molecule has 0 rings (SSSR count). The molecule has 0 spiro atoms. The molecule has 0 saturated carbocycles. The molecule has 0 aliphatic carbocycles. The van der Waals surface area contributed by atoms with Gasteiger partial charge in [-0.1, -0.05) is 0 Å². The van der Waals surface area contributed by atoms with E-state index in [-0.39, 0.29) is 5.45 Å². The van der Waals surface area contributed by atoms with Crippen molar-refractivity contribution in [1.82, 2.24) is 0 Å². The predicted molar refractivity (Wildman–Crippen MR) is 35.9 cm³/mol. The van der Waals surface area contributed by atoms with Gasteiger partial charge in [-0.05, 0) is 0 Å². The summed E-state index contributed by atoms with van der Waals surface area (Å²) in [5.74, 6) is 0. The first-order valence-corrected chi connectivity index (χ1v) is 4.05. The van der Waals surface area contributed by atoms with Crippen molar-refractivity contribution < 1.29 is 18.4 Å². The lowest BCUT2D eigenvalue weighted by Gasteiger charge is -2.04. The molecule has 0 amide bonds. The van der Waals surface area contributed by atoms with Crippen molar-refractivity contribution in [3.05, 3.63) is 5.53 Å². The van der Waals surface area contributed by atoms with Crippen LogP contribution in [0.15, 0.2) is 0 Å². The molecule has 0 aromatic rings. The summed E-state index contributed by atoms with van der Waals surface area (Å²) in [5.41, 5.74) is 8.13. The van der Waals surface area contributed by atoms with Crippen LogP contribution in [0.4, 0.5) is 0 Å². The molecule has 5 nitrogen and oxygen atoms in total. The van der Waals surface area contributed by atoms with Crippen molar-refractivity contribution in [3.8, 4) is 0 Å². The van der Waals surface area contributed by atoms with Crippen molar-refractivity contribution in [3.63, 3.8) is 0 Å². The molecule has 58 valence electrons. The minimum absolute atomic E-state index is 0.0579. The van der Waals surface area contributed by atoms with Crippen LogP contribution in [0.3, 0.4) is 0 Å². The monoisotopic (exact) mass is 164 g/mol. The van der Waals surface area contributed by atoms with Crippen LogP contribution in [-0.4, -0.2) is 24.5 Å². The van der Waals surface area contributed by atoms with E-state index in [1.807, 2.05) is 0 Å². The summed E-state index contributed by atoms with van der Waals surface area (Å²) < 4.78 is 20.1. The zero-order valence-corrected chi connectivity index (χ0v) is 6.96. The van der Waals surface area contributed by atoms with Crippen molar-refractivity contribution in [2.45, 2.75) is 6.92 Å². The van der Waals surface area contributed by atoms with Crippen LogP contribution in [0.1, 0.15) is 6.92 Å². The summed E-state index contributed by atoms with van der Waals surface area (Å²) >= 11 is 0. The first kappa shape index (κ1) is 9.53. The fourth-order valence-electron chi connectivity index (χ4n) is 0.394. The molecular weight excluding hydrogens is 155 g/mol. The molecule has 0 aliphatic rings. The van der Waals surface area contributed by atoms with Gasteiger partial charge in [0.15, 0.2) is 0 Å². The lowest BCUT2D eigenvalue weighted by Crippen LogP contribution is -1.99. The highest BCUT2D eigenvalue weighted by molar-refractivity contribution is 7.71. The summed E-state index contributed by atoms with van der Waals surface area (Å²) in [6, 6.07) is 0. The molecule has 0 saturated heterocycles. The van der Waals surface area contributed by atoms with E-state index in [0.29, 0.717) is 0 Å². The summed E-state index contributed by atoms with van der Waals surface area (Å²) in [6.45, 7) is 1.35. The van der Waals surface area contributed by atoms with Crippen LogP contribution in [-0.2, 0) is 13.6 Å². The van der Waals surface area contributed by atoms with Gasteiger partial charge in [0.2, 0.25) is 0 Å². The SMILES string of the molecule is COP(=O)(OC)C(C)=[N+]=[N-]. The molecule has 0 N–H and O–H groups in total. The lowest BCUT2D eigenvalue weighted by atomic mass is 10.9. The Morgan fingerprint density at radius 1 is 1.50 bits per heavy atom. The molecular formula is C4H9N2O3P. The maximum Gasteiger partial charge on any atom is 0.436 e. The van der Waals surface area contributed by atoms with E-state index in [1.54, 1.807) is 0 Å². The Morgan fingerprint density at radius 2 is 1.90 bits per heavy atom. The molecule has 6 heteroatoms. The molecule has 0 heterocycles. The van der Waals surface area contributed by atoms with Crippen LogP contribution in [0.25, 0.3) is 5.53 Å². The van der Waals surface area contributed by atoms with E-state index in [9.17, 15) is 4.57 Å². The highest BCUT2D eigenvalue weighted by Gasteiger charge is 2.33. The van der Waals surface area contributed by atoms with Gasteiger partial charge in [0.1, 0.15) is 0 Å². The summed E-state index contributed by atoms with van der Waals surface area (Å²) in [4.78, 5) is 2.71. The summed E-state index contributed by atoms with van der Waals surface area (Å²) in [5, 5.41) is 0. The molecule has 0 fully saturated rings. The van der Waals surface area contributed by atoms with Crippen LogP contribution >= 0.6 is 7.60 Å². The second-order valence-electron chi connectivity index (χ2n) is 1.51. The first-order valence-electron chi connectivity index (χ1n) is 2.51. The van der Waals surface area contributed by atoms with Gasteiger partial charge < -0.3 is 14.6 Å². The molecule has 0 unspecified atom stereocenters. The minimum atomic E-state index is -3.27. The van der Waals surface area contributed by atoms with E-state index in [1.165, 1.54) is 21.1 Å². The Labute approximate surface area is 59.1 Å². The van der Waals surface area contributed by atoms with Crippen LogP contribution < -0.4 is 0 Å². The largest absolute Gasteiger partial charge is 0.436 e. The lowest BCUT2D eigenvalue weighted by molar-refractivity contribution is -0.00389. The number of hydrogen-bond acceptors (Lipinski definition) is 3. The van der Waals surface area contributed by atoms with Crippen LogP contribution in [0.2, 0.25) is 0 Å². The third kappa shape index (κ3) is 1.75. The Kier molecular flexibility index (Phi) is 3.47. The van der Waals surface area contributed by atoms with Crippen molar-refractivity contribution in [1.29, 1.82) is 0 Å². The second-order valence-corrected chi connectivity index (χ2v) is 3.88. The van der Waals surface area contributed by atoms with E-state index in [4.69, 9.17) is 5.53 Å². The number of nitrogens with zero attached hydrogens (tertiary/aromatic N) is 2. The van der Waals surface area contributed by atoms with Gasteiger partial charge in [-0.2, -0.15) is 4.79 Å². The van der Waals surface area contributed by atoms with E-state index in [0.717, 1.165) is 0 Å². The second kappa shape index (κ2) is 3.64. The maximum atomic E-state index is 11.1. The molecule has 10 heavy (non-hydrogen) atoms. The smallest absolute Gasteiger partial charge is 0.361 e. The number of rotatable bonds is 3. The molecule has 0 aliphatic heterocycles. The summed E-state index contributed by atoms with van der Waals surface area (Å²) in [7, 11) is -0.830. The highest BCUT2D eigenvalue weighted by atomic mass is 31.2. The fraction of sp³-hybridized carbons (Fsp3) is 0.750. The zero-order chi connectivity index (χ0) is 8.20. The molecule has 0 radical (unpaired) electrons. The van der Waals surface area contributed by atoms with Crippen molar-refractivity contribution in [2.75, 3.05) is 14.2 Å². The Hall–Kier alpha value is -0.470. The average molecular weight is 164 g/mol. The standard InChI is InChI=1S/C4H9N2O3P/c1-4(6-5)10(7,8-2)9-3/h1-3H3. The highest BCUT2D eigenvalue weighted by Crippen LogP contribution is 2.46. The third-order valence-electron chi connectivity index (χ3n) is 1.02. The third-order valence-corrected chi connectivity index (χ3v) is 2.87. The first-order chi connectivity index (χ1) is 4.60.